The lowest BCUT2D eigenvalue weighted by molar-refractivity contribution is -0.136. The van der Waals surface area contributed by atoms with E-state index < -0.39 is 0 Å². The molecule has 4 heteroatoms. The Bertz CT molecular complexity index is 230. The molecule has 0 bridgehead atoms. The van der Waals surface area contributed by atoms with Crippen LogP contribution < -0.4 is 5.73 Å². The standard InChI is InChI=1S/C12H25N3O/c1-10(6-8-14(2)3)12(16)15-7-4-5-11(13)9-15/h10-11H,4-9,13H2,1-3H3. The van der Waals surface area contributed by atoms with Gasteiger partial charge in [-0.1, -0.05) is 6.92 Å². The average molecular weight is 227 g/mol. The number of nitrogens with two attached hydrogens (primary N) is 1. The normalized spacial score (nSPS) is 23.6. The first-order valence-electron chi connectivity index (χ1n) is 6.19. The van der Waals surface area contributed by atoms with E-state index in [4.69, 9.17) is 5.73 Å². The van der Waals surface area contributed by atoms with Crippen LogP contribution in [0.1, 0.15) is 26.2 Å². The van der Waals surface area contributed by atoms with E-state index >= 15 is 0 Å². The Morgan fingerprint density at radius 2 is 2.25 bits per heavy atom. The zero-order chi connectivity index (χ0) is 12.1. The summed E-state index contributed by atoms with van der Waals surface area (Å²) in [6.45, 7) is 4.61. The SMILES string of the molecule is CC(CCN(C)C)C(=O)N1CCCC(N)C1. The molecule has 0 aromatic rings. The number of hydrogen-bond donors (Lipinski definition) is 1. The molecular formula is C12H25N3O. The van der Waals surface area contributed by atoms with Gasteiger partial charge in [-0.25, -0.2) is 0 Å². The molecule has 4 nitrogen and oxygen atoms in total. The Kier molecular flexibility index (Phi) is 5.22. The number of likely N-dealkylation sites (tertiary alicyclic amines) is 1. The Hall–Kier alpha value is -0.610. The van der Waals surface area contributed by atoms with Gasteiger partial charge in [-0.3, -0.25) is 4.79 Å². The molecular weight excluding hydrogens is 202 g/mol. The largest absolute Gasteiger partial charge is 0.341 e. The number of nitrogens with zero attached hydrogens (tertiary/aromatic N) is 2. The van der Waals surface area contributed by atoms with Crippen LogP contribution >= 0.6 is 0 Å². The molecule has 1 amide bonds. The van der Waals surface area contributed by atoms with E-state index in [0.29, 0.717) is 0 Å². The number of amides is 1. The third-order valence-corrected chi connectivity index (χ3v) is 3.20. The van der Waals surface area contributed by atoms with Gasteiger partial charge in [0.25, 0.3) is 0 Å². The molecule has 1 saturated heterocycles. The van der Waals surface area contributed by atoms with Crippen LogP contribution in [-0.4, -0.2) is 55.5 Å². The van der Waals surface area contributed by atoms with Crippen molar-refractivity contribution in [3.63, 3.8) is 0 Å². The zero-order valence-electron chi connectivity index (χ0n) is 10.8. The van der Waals surface area contributed by atoms with E-state index in [1.807, 2.05) is 25.9 Å². The van der Waals surface area contributed by atoms with E-state index in [-0.39, 0.29) is 17.9 Å². The number of piperidine rings is 1. The van der Waals surface area contributed by atoms with Crippen molar-refractivity contribution in [3.05, 3.63) is 0 Å². The van der Waals surface area contributed by atoms with Crippen molar-refractivity contribution in [3.8, 4) is 0 Å². The molecule has 1 rings (SSSR count). The van der Waals surface area contributed by atoms with Crippen LogP contribution in [0.3, 0.4) is 0 Å². The molecule has 16 heavy (non-hydrogen) atoms. The number of rotatable bonds is 4. The van der Waals surface area contributed by atoms with Crippen molar-refractivity contribution in [2.45, 2.75) is 32.2 Å². The molecule has 0 spiro atoms. The predicted octanol–water partition coefficient (Wildman–Crippen LogP) is 0.524. The summed E-state index contributed by atoms with van der Waals surface area (Å²) in [5, 5.41) is 0. The van der Waals surface area contributed by atoms with Gasteiger partial charge in [-0.15, -0.1) is 0 Å². The van der Waals surface area contributed by atoms with E-state index in [1.165, 1.54) is 0 Å². The van der Waals surface area contributed by atoms with E-state index in [1.54, 1.807) is 0 Å². The highest BCUT2D eigenvalue weighted by atomic mass is 16.2. The molecule has 2 atom stereocenters. The minimum absolute atomic E-state index is 0.118. The lowest BCUT2D eigenvalue weighted by Gasteiger charge is -2.32. The molecule has 0 aromatic heterocycles. The summed E-state index contributed by atoms with van der Waals surface area (Å²) in [4.78, 5) is 16.2. The molecule has 2 unspecified atom stereocenters. The number of carbonyl (C=O) groups excluding carboxylic acids is 1. The Balaban J connectivity index is 2.37. The van der Waals surface area contributed by atoms with Crippen LogP contribution in [0.5, 0.6) is 0 Å². The van der Waals surface area contributed by atoms with Crippen LogP contribution in [0, 0.1) is 5.92 Å². The molecule has 1 aliphatic rings. The molecule has 1 heterocycles. The summed E-state index contributed by atoms with van der Waals surface area (Å²) >= 11 is 0. The Labute approximate surface area is 98.8 Å². The molecule has 1 aliphatic heterocycles. The van der Waals surface area contributed by atoms with Gasteiger partial charge in [0.05, 0.1) is 0 Å². The van der Waals surface area contributed by atoms with Gasteiger partial charge in [-0.2, -0.15) is 0 Å². The summed E-state index contributed by atoms with van der Waals surface area (Å²) in [5.74, 6) is 0.393. The fourth-order valence-electron chi connectivity index (χ4n) is 2.10. The highest BCUT2D eigenvalue weighted by molar-refractivity contribution is 5.78. The average Bonchev–Trinajstić information content (AvgIpc) is 2.24. The number of carbonyl (C=O) groups is 1. The zero-order valence-corrected chi connectivity index (χ0v) is 10.8. The third-order valence-electron chi connectivity index (χ3n) is 3.20. The maximum absolute atomic E-state index is 12.1. The predicted molar refractivity (Wildman–Crippen MR) is 66.1 cm³/mol. The van der Waals surface area contributed by atoms with Crippen LogP contribution in [0.15, 0.2) is 0 Å². The highest BCUT2D eigenvalue weighted by Gasteiger charge is 2.24. The van der Waals surface area contributed by atoms with Crippen molar-refractivity contribution in [2.75, 3.05) is 33.7 Å². The van der Waals surface area contributed by atoms with Gasteiger partial charge in [0.15, 0.2) is 0 Å². The van der Waals surface area contributed by atoms with E-state index in [0.717, 1.165) is 38.9 Å². The molecule has 0 radical (unpaired) electrons. The molecule has 0 saturated carbocycles. The maximum atomic E-state index is 12.1. The first kappa shape index (κ1) is 13.5. The van der Waals surface area contributed by atoms with Crippen molar-refractivity contribution >= 4 is 5.91 Å². The first-order valence-corrected chi connectivity index (χ1v) is 6.19. The molecule has 0 aromatic carbocycles. The second-order valence-electron chi connectivity index (χ2n) is 5.18. The van der Waals surface area contributed by atoms with Gasteiger partial charge in [0, 0.05) is 25.0 Å². The van der Waals surface area contributed by atoms with Gasteiger partial charge in [0.1, 0.15) is 0 Å². The smallest absolute Gasteiger partial charge is 0.225 e. The second kappa shape index (κ2) is 6.21. The van der Waals surface area contributed by atoms with Crippen molar-refractivity contribution in [2.24, 2.45) is 11.7 Å². The lowest BCUT2D eigenvalue weighted by Crippen LogP contribution is -2.47. The minimum atomic E-state index is 0.118. The summed E-state index contributed by atoms with van der Waals surface area (Å²) in [5.41, 5.74) is 5.88. The minimum Gasteiger partial charge on any atom is -0.341 e. The van der Waals surface area contributed by atoms with Crippen LogP contribution in [0.25, 0.3) is 0 Å². The monoisotopic (exact) mass is 227 g/mol. The Morgan fingerprint density at radius 3 is 2.81 bits per heavy atom. The number of hydrogen-bond acceptors (Lipinski definition) is 3. The van der Waals surface area contributed by atoms with Crippen molar-refractivity contribution in [1.82, 2.24) is 9.80 Å². The summed E-state index contributed by atoms with van der Waals surface area (Å²) in [6, 6.07) is 0.179. The van der Waals surface area contributed by atoms with Gasteiger partial charge < -0.3 is 15.5 Å². The molecule has 94 valence electrons. The fraction of sp³-hybridized carbons (Fsp3) is 0.917. The van der Waals surface area contributed by atoms with Crippen LogP contribution in [0.4, 0.5) is 0 Å². The van der Waals surface area contributed by atoms with Gasteiger partial charge in [-0.05, 0) is 39.9 Å². The van der Waals surface area contributed by atoms with Gasteiger partial charge in [0.2, 0.25) is 5.91 Å². The van der Waals surface area contributed by atoms with E-state index in [2.05, 4.69) is 4.90 Å². The molecule has 1 fully saturated rings. The van der Waals surface area contributed by atoms with Crippen LogP contribution in [-0.2, 0) is 4.79 Å². The summed E-state index contributed by atoms with van der Waals surface area (Å²) in [7, 11) is 4.07. The topological polar surface area (TPSA) is 49.6 Å². The Morgan fingerprint density at radius 1 is 1.56 bits per heavy atom. The van der Waals surface area contributed by atoms with E-state index in [9.17, 15) is 4.79 Å². The van der Waals surface area contributed by atoms with Crippen molar-refractivity contribution in [1.29, 1.82) is 0 Å². The van der Waals surface area contributed by atoms with Gasteiger partial charge >= 0.3 is 0 Å². The highest BCUT2D eigenvalue weighted by Crippen LogP contribution is 2.14. The molecule has 2 N–H and O–H groups in total. The third kappa shape index (κ3) is 4.10. The second-order valence-corrected chi connectivity index (χ2v) is 5.18. The summed E-state index contributed by atoms with van der Waals surface area (Å²) in [6.07, 6.45) is 3.03. The first-order chi connectivity index (χ1) is 7.50. The van der Waals surface area contributed by atoms with Crippen molar-refractivity contribution < 1.29 is 4.79 Å². The fourth-order valence-corrected chi connectivity index (χ4v) is 2.10. The quantitative estimate of drug-likeness (QED) is 0.762. The summed E-state index contributed by atoms with van der Waals surface area (Å²) < 4.78 is 0. The lowest BCUT2D eigenvalue weighted by atomic mass is 10.0. The maximum Gasteiger partial charge on any atom is 0.225 e. The van der Waals surface area contributed by atoms with Crippen LogP contribution in [0.2, 0.25) is 0 Å². The molecule has 0 aliphatic carbocycles.